The number of benzene rings is 2. The summed E-state index contributed by atoms with van der Waals surface area (Å²) in [4.78, 5) is 11.5. The maximum Gasteiger partial charge on any atom is 0.217 e. The lowest BCUT2D eigenvalue weighted by Crippen LogP contribution is -2.48. The molecule has 3 rings (SSSR count). The zero-order valence-electron chi connectivity index (χ0n) is 15.3. The number of aliphatic hydroxyl groups is 1. The Morgan fingerprint density at radius 3 is 2.22 bits per heavy atom. The molecule has 0 saturated carbocycles. The average molecular weight is 371 g/mol. The molecule has 1 amide bonds. The predicted molar refractivity (Wildman–Crippen MR) is 99.6 cm³/mol. The van der Waals surface area contributed by atoms with Gasteiger partial charge in [-0.05, 0) is 11.1 Å². The fraction of sp³-hybridized carbons (Fsp3) is 0.381. The Balaban J connectivity index is 1.61. The summed E-state index contributed by atoms with van der Waals surface area (Å²) in [6, 6.07) is 18.9. The van der Waals surface area contributed by atoms with Crippen molar-refractivity contribution in [2.45, 2.75) is 44.7 Å². The van der Waals surface area contributed by atoms with Crippen LogP contribution < -0.4 is 5.32 Å². The van der Waals surface area contributed by atoms with E-state index in [0.717, 1.165) is 11.1 Å². The molecule has 2 aromatic rings. The Bertz CT molecular complexity index is 709. The molecule has 4 atom stereocenters. The third-order valence-electron chi connectivity index (χ3n) is 4.39. The number of hydrogen-bond acceptors (Lipinski definition) is 5. The lowest BCUT2D eigenvalue weighted by molar-refractivity contribution is -0.130. The number of carbonyl (C=O) groups excluding carboxylic acids is 1. The fourth-order valence-electron chi connectivity index (χ4n) is 3.10. The Morgan fingerprint density at radius 2 is 1.63 bits per heavy atom. The van der Waals surface area contributed by atoms with E-state index < -0.39 is 24.5 Å². The lowest BCUT2D eigenvalue weighted by Gasteiger charge is -2.24. The molecule has 1 fully saturated rings. The van der Waals surface area contributed by atoms with Crippen molar-refractivity contribution < 1.29 is 24.1 Å². The van der Waals surface area contributed by atoms with Gasteiger partial charge in [-0.1, -0.05) is 60.7 Å². The SMILES string of the molecule is CC(=O)N[C@@H]1[C@H](OCc2ccccc2)[C@@H](COCc2ccccc2)O[C@@H]1O. The zero-order chi connectivity index (χ0) is 19.1. The van der Waals surface area contributed by atoms with Crippen LogP contribution >= 0.6 is 0 Å². The van der Waals surface area contributed by atoms with E-state index in [1.165, 1.54) is 6.92 Å². The minimum Gasteiger partial charge on any atom is -0.374 e. The molecule has 1 aliphatic rings. The summed E-state index contributed by atoms with van der Waals surface area (Å²) in [6.45, 7) is 2.45. The monoisotopic (exact) mass is 371 g/mol. The van der Waals surface area contributed by atoms with Gasteiger partial charge in [0.05, 0.1) is 19.8 Å². The van der Waals surface area contributed by atoms with Crippen LogP contribution in [0.4, 0.5) is 0 Å². The molecule has 2 aromatic carbocycles. The van der Waals surface area contributed by atoms with Crippen molar-refractivity contribution in [1.82, 2.24) is 5.32 Å². The molecule has 6 nitrogen and oxygen atoms in total. The largest absolute Gasteiger partial charge is 0.374 e. The smallest absolute Gasteiger partial charge is 0.217 e. The van der Waals surface area contributed by atoms with Crippen LogP contribution in [0, 0.1) is 0 Å². The summed E-state index contributed by atoms with van der Waals surface area (Å²) >= 11 is 0. The molecule has 0 bridgehead atoms. The van der Waals surface area contributed by atoms with Gasteiger partial charge in [0.1, 0.15) is 18.2 Å². The molecular weight excluding hydrogens is 346 g/mol. The third-order valence-corrected chi connectivity index (χ3v) is 4.39. The number of aliphatic hydroxyl groups excluding tert-OH is 1. The lowest BCUT2D eigenvalue weighted by atomic mass is 10.1. The molecule has 0 radical (unpaired) electrons. The van der Waals surface area contributed by atoms with Crippen LogP contribution in [0.2, 0.25) is 0 Å². The van der Waals surface area contributed by atoms with Gasteiger partial charge >= 0.3 is 0 Å². The van der Waals surface area contributed by atoms with Gasteiger partial charge in [-0.3, -0.25) is 4.79 Å². The van der Waals surface area contributed by atoms with Crippen LogP contribution in [0.25, 0.3) is 0 Å². The highest BCUT2D eigenvalue weighted by Crippen LogP contribution is 2.24. The number of amides is 1. The molecular formula is C21H25NO5. The van der Waals surface area contributed by atoms with Crippen molar-refractivity contribution >= 4 is 5.91 Å². The van der Waals surface area contributed by atoms with Gasteiger partial charge in [-0.15, -0.1) is 0 Å². The molecule has 1 aliphatic heterocycles. The van der Waals surface area contributed by atoms with Crippen molar-refractivity contribution in [1.29, 1.82) is 0 Å². The van der Waals surface area contributed by atoms with E-state index in [1.54, 1.807) is 0 Å². The van der Waals surface area contributed by atoms with E-state index in [0.29, 0.717) is 13.2 Å². The molecule has 0 aliphatic carbocycles. The highest BCUT2D eigenvalue weighted by atomic mass is 16.7. The van der Waals surface area contributed by atoms with Crippen molar-refractivity contribution in [3.63, 3.8) is 0 Å². The van der Waals surface area contributed by atoms with Gasteiger partial charge in [0.2, 0.25) is 5.91 Å². The number of nitrogens with one attached hydrogen (secondary N) is 1. The first kappa shape index (κ1) is 19.5. The van der Waals surface area contributed by atoms with Gasteiger partial charge < -0.3 is 24.6 Å². The second-order valence-corrected chi connectivity index (χ2v) is 6.55. The Labute approximate surface area is 159 Å². The van der Waals surface area contributed by atoms with Crippen molar-refractivity contribution in [2.24, 2.45) is 0 Å². The molecule has 144 valence electrons. The van der Waals surface area contributed by atoms with Crippen molar-refractivity contribution in [3.05, 3.63) is 71.8 Å². The Hall–Kier alpha value is -2.25. The van der Waals surface area contributed by atoms with Gasteiger partial charge in [0.25, 0.3) is 0 Å². The van der Waals surface area contributed by atoms with Crippen molar-refractivity contribution in [2.75, 3.05) is 6.61 Å². The fourth-order valence-corrected chi connectivity index (χ4v) is 3.10. The maximum absolute atomic E-state index is 11.5. The molecule has 0 unspecified atom stereocenters. The van der Waals surface area contributed by atoms with E-state index in [2.05, 4.69) is 5.32 Å². The number of carbonyl (C=O) groups is 1. The molecule has 1 heterocycles. The summed E-state index contributed by atoms with van der Waals surface area (Å²) in [6.07, 6.45) is -2.14. The molecule has 0 aromatic heterocycles. The van der Waals surface area contributed by atoms with Crippen LogP contribution in [-0.4, -0.2) is 42.2 Å². The summed E-state index contributed by atoms with van der Waals surface area (Å²) < 4.78 is 17.4. The molecule has 2 N–H and O–H groups in total. The van der Waals surface area contributed by atoms with Gasteiger partial charge in [-0.2, -0.15) is 0 Å². The zero-order valence-corrected chi connectivity index (χ0v) is 15.3. The highest BCUT2D eigenvalue weighted by Gasteiger charge is 2.45. The van der Waals surface area contributed by atoms with E-state index in [9.17, 15) is 9.90 Å². The summed E-state index contributed by atoms with van der Waals surface area (Å²) in [5.41, 5.74) is 2.06. The number of rotatable bonds is 8. The van der Waals surface area contributed by atoms with E-state index in [-0.39, 0.29) is 12.5 Å². The van der Waals surface area contributed by atoms with E-state index >= 15 is 0 Å². The maximum atomic E-state index is 11.5. The van der Waals surface area contributed by atoms with Crippen LogP contribution in [0.1, 0.15) is 18.1 Å². The minimum atomic E-state index is -1.14. The number of hydrogen-bond donors (Lipinski definition) is 2. The van der Waals surface area contributed by atoms with Crippen LogP contribution in [0.3, 0.4) is 0 Å². The second kappa shape index (κ2) is 9.62. The molecule has 27 heavy (non-hydrogen) atoms. The standard InChI is InChI=1S/C21H25NO5/c1-15(23)22-19-20(26-13-17-10-6-3-7-11-17)18(27-21(19)24)14-25-12-16-8-4-2-5-9-16/h2-11,18-21,24H,12-14H2,1H3,(H,22,23)/t18-,19-,20-,21+/m1/s1. The summed E-state index contributed by atoms with van der Waals surface area (Å²) in [7, 11) is 0. The van der Waals surface area contributed by atoms with Gasteiger partial charge in [0.15, 0.2) is 6.29 Å². The second-order valence-electron chi connectivity index (χ2n) is 6.55. The van der Waals surface area contributed by atoms with Crippen LogP contribution in [0.5, 0.6) is 0 Å². The van der Waals surface area contributed by atoms with Crippen molar-refractivity contribution in [3.8, 4) is 0 Å². The Morgan fingerprint density at radius 1 is 1.04 bits per heavy atom. The highest BCUT2D eigenvalue weighted by molar-refractivity contribution is 5.73. The molecule has 0 spiro atoms. The molecule has 1 saturated heterocycles. The predicted octanol–water partition coefficient (Wildman–Crippen LogP) is 2.01. The van der Waals surface area contributed by atoms with Crippen LogP contribution in [-0.2, 0) is 32.2 Å². The molecule has 6 heteroatoms. The first-order chi connectivity index (χ1) is 13.1. The summed E-state index contributed by atoms with van der Waals surface area (Å²) in [5, 5.41) is 12.9. The van der Waals surface area contributed by atoms with Gasteiger partial charge in [0, 0.05) is 6.92 Å². The average Bonchev–Trinajstić information content (AvgIpc) is 2.96. The first-order valence-corrected chi connectivity index (χ1v) is 9.01. The first-order valence-electron chi connectivity index (χ1n) is 9.01. The quantitative estimate of drug-likeness (QED) is 0.742. The van der Waals surface area contributed by atoms with Gasteiger partial charge in [-0.25, -0.2) is 0 Å². The van der Waals surface area contributed by atoms with Crippen LogP contribution in [0.15, 0.2) is 60.7 Å². The van der Waals surface area contributed by atoms with E-state index in [4.69, 9.17) is 14.2 Å². The third kappa shape index (κ3) is 5.61. The number of ether oxygens (including phenoxy) is 3. The topological polar surface area (TPSA) is 77.0 Å². The Kier molecular flexibility index (Phi) is 6.95. The minimum absolute atomic E-state index is 0.248. The van der Waals surface area contributed by atoms with E-state index in [1.807, 2.05) is 60.7 Å². The normalized spacial score (nSPS) is 24.7. The summed E-state index contributed by atoms with van der Waals surface area (Å²) in [5.74, 6) is -0.248.